The van der Waals surface area contributed by atoms with E-state index in [9.17, 15) is 0 Å². The molecule has 0 saturated heterocycles. The van der Waals surface area contributed by atoms with Crippen molar-refractivity contribution in [2.75, 3.05) is 16.0 Å². The van der Waals surface area contributed by atoms with Crippen molar-refractivity contribution in [3.05, 3.63) is 91.0 Å². The Morgan fingerprint density at radius 3 is 0.804 bits per heavy atom. The molecule has 0 aliphatic heterocycles. The fraction of sp³-hybridized carbons (Fsp3) is 0.736. The number of para-hydroxylation sites is 3. The van der Waals surface area contributed by atoms with Crippen molar-refractivity contribution >= 4 is 46.9 Å². The zero-order valence-electron chi connectivity index (χ0n) is 65.5. The highest BCUT2D eigenvalue weighted by molar-refractivity contribution is 6.03. The second kappa shape index (κ2) is 44.7. The number of rotatable bonds is 15. The normalized spacial score (nSPS) is 24.0. The molecule has 0 amide bonds. The quantitative estimate of drug-likeness (QED) is 0.0519. The average Bonchev–Trinajstić information content (AvgIpc) is 0.749. The van der Waals surface area contributed by atoms with Crippen molar-refractivity contribution < 1.29 is 0 Å². The Kier molecular flexibility index (Phi) is 35.1. The van der Waals surface area contributed by atoms with Crippen LogP contribution >= 0.6 is 0 Å². The van der Waals surface area contributed by atoms with Crippen molar-refractivity contribution in [2.24, 2.45) is 42.7 Å². The highest BCUT2D eigenvalue weighted by atomic mass is 15.2. The van der Waals surface area contributed by atoms with Crippen LogP contribution in [-0.2, 0) is 0 Å². The van der Waals surface area contributed by atoms with Crippen LogP contribution in [0.15, 0.2) is 116 Å². The minimum Gasteiger partial charge on any atom is -0.354 e. The topological polar surface area (TPSA) is 182 Å². The van der Waals surface area contributed by atoms with E-state index in [1.54, 1.807) is 0 Å². The van der Waals surface area contributed by atoms with E-state index in [0.29, 0.717) is 72.0 Å². The molecule has 15 heteroatoms. The first-order chi connectivity index (χ1) is 49.7. The van der Waals surface area contributed by atoms with E-state index in [-0.39, 0.29) is 0 Å². The molecule has 0 spiro atoms. The first-order valence-corrected chi connectivity index (χ1v) is 42.4. The lowest BCUT2D eigenvalue weighted by atomic mass is 9.53. The molecule has 15 nitrogen and oxygen atoms in total. The van der Waals surface area contributed by atoms with Crippen molar-refractivity contribution in [3.8, 4) is 0 Å². The first-order valence-electron chi connectivity index (χ1n) is 42.4. The van der Waals surface area contributed by atoms with Gasteiger partial charge in [-0.05, 0) is 238 Å². The lowest BCUT2D eigenvalue weighted by molar-refractivity contribution is -0.0107. The molecule has 568 valence electrons. The number of aliphatic imine (C=N–C) groups is 5. The Hall–Kier alpha value is -5.99. The van der Waals surface area contributed by atoms with Crippen LogP contribution in [0.1, 0.15) is 319 Å². The summed E-state index contributed by atoms with van der Waals surface area (Å²) in [6.07, 6.45) is 55.1. The Balaban J connectivity index is 0.000000150. The molecule has 4 bridgehead atoms. The van der Waals surface area contributed by atoms with Gasteiger partial charge in [0, 0.05) is 58.9 Å². The van der Waals surface area contributed by atoms with Crippen LogP contribution in [0, 0.1) is 17.8 Å². The largest absolute Gasteiger partial charge is 0.354 e. The van der Waals surface area contributed by atoms with Gasteiger partial charge in [-0.25, -0.2) is 25.0 Å². The van der Waals surface area contributed by atoms with Crippen molar-refractivity contribution in [3.63, 3.8) is 0 Å². The lowest BCUT2D eigenvalue weighted by Crippen LogP contribution is -2.62. The highest BCUT2D eigenvalue weighted by Crippen LogP contribution is 2.55. The van der Waals surface area contributed by atoms with E-state index < -0.39 is 0 Å². The Morgan fingerprint density at radius 1 is 0.284 bits per heavy atom. The summed E-state index contributed by atoms with van der Waals surface area (Å²) in [6, 6.07) is 36.4. The molecule has 11 saturated carbocycles. The van der Waals surface area contributed by atoms with Crippen molar-refractivity contribution in [2.45, 2.75) is 391 Å². The maximum Gasteiger partial charge on any atom is 0.200 e. The van der Waals surface area contributed by atoms with Crippen LogP contribution in [0.25, 0.3) is 0 Å². The number of nitrogens with one attached hydrogen (secondary N) is 10. The number of hydrogen-bond acceptors (Lipinski definition) is 5. The molecule has 102 heavy (non-hydrogen) atoms. The fourth-order valence-corrected chi connectivity index (χ4v) is 18.0. The average molecular weight is 1400 g/mol. The second-order valence-corrected chi connectivity index (χ2v) is 33.8. The molecule has 3 aromatic rings. The SMILES string of the molecule is C1CCC(N=C(NC2CCCCC2)NC23CC4CC(CC(C4)C2)C3)CC1.CC(C)NC(=NC1CCCCC1)NC(C)C.CC(C)NC(=NC1CCCCC1)NC(C)C.c1ccc(NC(=NC2CCCCC2)NC2CCCCC2)cc1.c1ccc(NC(=NC2CCCCC2)Nc2ccccc2)cc1. The zero-order chi connectivity index (χ0) is 71.4. The molecule has 0 radical (unpaired) electrons. The Bertz CT molecular complexity index is 2710. The van der Waals surface area contributed by atoms with Crippen LogP contribution in [-0.4, -0.2) is 102 Å². The summed E-state index contributed by atoms with van der Waals surface area (Å²) in [5.41, 5.74) is 3.62. The highest BCUT2D eigenvalue weighted by Gasteiger charge is 2.51. The molecular formula is C87H145N15. The summed E-state index contributed by atoms with van der Waals surface area (Å²) in [6.45, 7) is 17.2. The van der Waals surface area contributed by atoms with Gasteiger partial charge in [0.2, 0.25) is 5.96 Å². The predicted molar refractivity (Wildman–Crippen MR) is 439 cm³/mol. The summed E-state index contributed by atoms with van der Waals surface area (Å²) >= 11 is 0. The van der Waals surface area contributed by atoms with Gasteiger partial charge in [0.25, 0.3) is 0 Å². The molecule has 0 atom stereocenters. The third kappa shape index (κ3) is 31.0. The van der Waals surface area contributed by atoms with Crippen molar-refractivity contribution in [1.29, 1.82) is 0 Å². The van der Waals surface area contributed by atoms with Gasteiger partial charge < -0.3 is 53.2 Å². The van der Waals surface area contributed by atoms with Crippen LogP contribution in [0.4, 0.5) is 17.1 Å². The molecule has 11 aliphatic carbocycles. The summed E-state index contributed by atoms with van der Waals surface area (Å²) < 4.78 is 0. The van der Waals surface area contributed by atoms with Gasteiger partial charge in [-0.1, -0.05) is 189 Å². The molecule has 10 N–H and O–H groups in total. The van der Waals surface area contributed by atoms with Gasteiger partial charge in [0.05, 0.1) is 30.2 Å². The minimum absolute atomic E-state index is 0.379. The van der Waals surface area contributed by atoms with E-state index in [1.807, 2.05) is 36.4 Å². The summed E-state index contributed by atoms with van der Waals surface area (Å²) in [4.78, 5) is 24.9. The predicted octanol–water partition coefficient (Wildman–Crippen LogP) is 20.1. The van der Waals surface area contributed by atoms with Gasteiger partial charge in [0.15, 0.2) is 23.8 Å². The van der Waals surface area contributed by atoms with E-state index in [4.69, 9.17) is 25.0 Å². The number of hydrogen-bond donors (Lipinski definition) is 10. The molecule has 11 fully saturated rings. The van der Waals surface area contributed by atoms with Crippen LogP contribution in [0.2, 0.25) is 0 Å². The van der Waals surface area contributed by atoms with Crippen LogP contribution < -0.4 is 53.2 Å². The van der Waals surface area contributed by atoms with Crippen LogP contribution in [0.3, 0.4) is 0 Å². The monoisotopic (exact) mass is 1400 g/mol. The van der Waals surface area contributed by atoms with Gasteiger partial charge in [-0.3, -0.25) is 0 Å². The fourth-order valence-electron chi connectivity index (χ4n) is 18.0. The van der Waals surface area contributed by atoms with Gasteiger partial charge in [-0.15, -0.1) is 0 Å². The van der Waals surface area contributed by atoms with E-state index in [2.05, 4.69) is 163 Å². The van der Waals surface area contributed by atoms with E-state index >= 15 is 0 Å². The minimum atomic E-state index is 0.379. The Morgan fingerprint density at radius 2 is 0.520 bits per heavy atom. The molecule has 0 unspecified atom stereocenters. The third-order valence-corrected chi connectivity index (χ3v) is 22.6. The standard InChI is InChI=1S/C23H39N3.C19H29N3.C19H23N3.2C13H27N3/c1-3-7-20(8-4-1)24-22(25-21-9-5-2-6-10-21)26-23-14-17-11-18(15-23)13-19(12-17)16-23;2*1-4-10-16(11-5-1)20-19(21-17-12-6-2-7-13-17)22-18-14-8-3-9-15-18;2*1-10(2)14-13(15-11(3)4)16-12-8-6-5-7-9-12/h17-21H,1-16H2,(H2,24,25,26);1,4-5,10-11,17-18H,2-3,6-9,12-15H2,(H2,20,21,22);1-2,4-7,10-13,18H,3,8-9,14-15H2,(H2,20,21,22);2*10-12H,5-9H2,1-4H3,(H2,14,15,16). The van der Waals surface area contributed by atoms with Gasteiger partial charge in [-0.2, -0.15) is 0 Å². The smallest absolute Gasteiger partial charge is 0.200 e. The number of guanidine groups is 5. The second-order valence-electron chi connectivity index (χ2n) is 33.8. The number of anilines is 3. The van der Waals surface area contributed by atoms with Crippen LogP contribution in [0.5, 0.6) is 0 Å². The number of benzene rings is 3. The van der Waals surface area contributed by atoms with E-state index in [1.165, 1.54) is 269 Å². The maximum absolute atomic E-state index is 5.30. The van der Waals surface area contributed by atoms with E-state index in [0.717, 1.165) is 58.7 Å². The molecule has 11 aliphatic rings. The van der Waals surface area contributed by atoms with Crippen molar-refractivity contribution in [1.82, 2.24) is 37.2 Å². The Labute approximate surface area is 621 Å². The number of nitrogens with zero attached hydrogens (tertiary/aromatic N) is 5. The van der Waals surface area contributed by atoms with Gasteiger partial charge >= 0.3 is 0 Å². The molecule has 0 heterocycles. The molecule has 14 rings (SSSR count). The summed E-state index contributed by atoms with van der Waals surface area (Å²) in [7, 11) is 0. The zero-order valence-corrected chi connectivity index (χ0v) is 65.5. The lowest BCUT2D eigenvalue weighted by Gasteiger charge is -2.57. The maximum atomic E-state index is 5.30. The van der Waals surface area contributed by atoms with Gasteiger partial charge in [0.1, 0.15) is 0 Å². The third-order valence-electron chi connectivity index (χ3n) is 22.6. The first kappa shape index (κ1) is 80.1. The molecular weight excluding hydrogens is 1260 g/mol. The summed E-state index contributed by atoms with van der Waals surface area (Å²) in [5.74, 6) is 7.99. The molecule has 3 aromatic carbocycles. The summed E-state index contributed by atoms with van der Waals surface area (Å²) in [5, 5.41) is 35.6. The molecule has 0 aromatic heterocycles.